The van der Waals surface area contributed by atoms with Crippen LogP contribution in [0.3, 0.4) is 0 Å². The molecule has 0 saturated heterocycles. The van der Waals surface area contributed by atoms with Crippen LogP contribution in [0.2, 0.25) is 0 Å². The molecule has 1 amide bonds. The minimum atomic E-state index is -3.87. The topological polar surface area (TPSA) is 83.5 Å². The number of hydrogen-bond acceptors (Lipinski definition) is 3. The molecule has 0 aliphatic carbocycles. The van der Waals surface area contributed by atoms with E-state index in [1.54, 1.807) is 0 Å². The van der Waals surface area contributed by atoms with Gasteiger partial charge in [0.2, 0.25) is 5.91 Å². The van der Waals surface area contributed by atoms with Gasteiger partial charge >= 0.3 is 0 Å². The van der Waals surface area contributed by atoms with Gasteiger partial charge in [-0.3, -0.25) is 9.35 Å². The summed E-state index contributed by atoms with van der Waals surface area (Å²) in [4.78, 5) is 13.2. The van der Waals surface area contributed by atoms with Gasteiger partial charge in [-0.05, 0) is 36.5 Å². The number of nitrogens with zero attached hydrogens (tertiary/aromatic N) is 1. The molecule has 7 heteroatoms. The zero-order chi connectivity index (χ0) is 23.1. The number of unbranched alkanes of at least 4 members (excludes halogenated alkanes) is 1. The summed E-state index contributed by atoms with van der Waals surface area (Å²) in [5, 5.41) is 3.18. The first-order valence-corrected chi connectivity index (χ1v) is 12.5. The van der Waals surface area contributed by atoms with Crippen LogP contribution in [0.25, 0.3) is 0 Å². The van der Waals surface area contributed by atoms with E-state index in [0.717, 1.165) is 43.3 Å². The van der Waals surface area contributed by atoms with Gasteiger partial charge in [-0.2, -0.15) is 8.42 Å². The first-order valence-electron chi connectivity index (χ1n) is 10.9. The average Bonchev–Trinajstić information content (AvgIpc) is 2.52. The van der Waals surface area contributed by atoms with Crippen LogP contribution in [0.15, 0.2) is 0 Å². The Morgan fingerprint density at radius 3 is 1.93 bits per heavy atom. The van der Waals surface area contributed by atoms with Gasteiger partial charge in [0.25, 0.3) is 10.1 Å². The number of quaternary nitrogens is 1. The summed E-state index contributed by atoms with van der Waals surface area (Å²) in [5.74, 6) is -0.0412. The average molecular weight is 436 g/mol. The van der Waals surface area contributed by atoms with E-state index < -0.39 is 15.5 Å². The number of rotatable bonds is 13. The third-order valence-electron chi connectivity index (χ3n) is 6.40. The summed E-state index contributed by atoms with van der Waals surface area (Å²) in [6.07, 6.45) is 3.86. The van der Waals surface area contributed by atoms with E-state index in [-0.39, 0.29) is 22.5 Å². The number of amides is 1. The first kappa shape index (κ1) is 28.3. The molecular weight excluding hydrogens is 388 g/mol. The SMILES string of the molecule is CCC(C)(C)C(C)(CC(C)(C)C)C(=O)NCCC[N+](C)(C)CCCCS(=O)(=O)O. The fourth-order valence-corrected chi connectivity index (χ4v) is 4.49. The Balaban J connectivity index is 4.66. The molecule has 0 aromatic carbocycles. The van der Waals surface area contributed by atoms with Crippen LogP contribution >= 0.6 is 0 Å². The highest BCUT2D eigenvalue weighted by molar-refractivity contribution is 7.85. The second kappa shape index (κ2) is 10.6. The summed E-state index contributed by atoms with van der Waals surface area (Å²) in [6.45, 7) is 17.6. The summed E-state index contributed by atoms with van der Waals surface area (Å²) >= 11 is 0. The minimum Gasteiger partial charge on any atom is -0.355 e. The summed E-state index contributed by atoms with van der Waals surface area (Å²) in [7, 11) is 0.352. The Morgan fingerprint density at radius 2 is 1.48 bits per heavy atom. The lowest BCUT2D eigenvalue weighted by molar-refractivity contribution is -0.890. The predicted molar refractivity (Wildman–Crippen MR) is 121 cm³/mol. The largest absolute Gasteiger partial charge is 0.355 e. The molecule has 1 atom stereocenters. The Kier molecular flexibility index (Phi) is 10.3. The lowest BCUT2D eigenvalue weighted by atomic mass is 9.59. The predicted octanol–water partition coefficient (Wildman–Crippen LogP) is 4.12. The van der Waals surface area contributed by atoms with Gasteiger partial charge in [0.1, 0.15) is 0 Å². The lowest BCUT2D eigenvalue weighted by Gasteiger charge is -2.46. The van der Waals surface area contributed by atoms with Gasteiger partial charge in [-0.1, -0.05) is 48.5 Å². The monoisotopic (exact) mass is 435 g/mol. The van der Waals surface area contributed by atoms with Gasteiger partial charge in [-0.25, -0.2) is 0 Å². The van der Waals surface area contributed by atoms with Crippen molar-refractivity contribution in [2.24, 2.45) is 16.2 Å². The van der Waals surface area contributed by atoms with E-state index in [1.807, 2.05) is 0 Å². The zero-order valence-electron chi connectivity index (χ0n) is 20.4. The molecule has 0 aromatic rings. The van der Waals surface area contributed by atoms with Gasteiger partial charge in [0.15, 0.2) is 0 Å². The Morgan fingerprint density at radius 1 is 0.966 bits per heavy atom. The molecule has 29 heavy (non-hydrogen) atoms. The van der Waals surface area contributed by atoms with Crippen LogP contribution in [0, 0.1) is 16.2 Å². The van der Waals surface area contributed by atoms with Crippen molar-refractivity contribution in [3.05, 3.63) is 0 Å². The van der Waals surface area contributed by atoms with Gasteiger partial charge in [0, 0.05) is 13.0 Å². The van der Waals surface area contributed by atoms with Crippen molar-refractivity contribution in [1.29, 1.82) is 0 Å². The van der Waals surface area contributed by atoms with Crippen molar-refractivity contribution < 1.29 is 22.2 Å². The molecular formula is C22H47N2O4S+. The highest BCUT2D eigenvalue weighted by Crippen LogP contribution is 2.48. The van der Waals surface area contributed by atoms with E-state index in [1.165, 1.54) is 0 Å². The maximum Gasteiger partial charge on any atom is 0.264 e. The van der Waals surface area contributed by atoms with E-state index in [4.69, 9.17) is 4.55 Å². The molecule has 174 valence electrons. The highest BCUT2D eigenvalue weighted by atomic mass is 32.2. The number of carbonyl (C=O) groups is 1. The van der Waals surface area contributed by atoms with Gasteiger partial charge < -0.3 is 9.80 Å². The van der Waals surface area contributed by atoms with E-state index >= 15 is 0 Å². The van der Waals surface area contributed by atoms with Crippen molar-refractivity contribution >= 4 is 16.0 Å². The van der Waals surface area contributed by atoms with Crippen molar-refractivity contribution in [2.75, 3.05) is 39.5 Å². The van der Waals surface area contributed by atoms with Crippen molar-refractivity contribution in [1.82, 2.24) is 5.32 Å². The van der Waals surface area contributed by atoms with Crippen LogP contribution in [0.5, 0.6) is 0 Å². The molecule has 0 rings (SSSR count). The zero-order valence-corrected chi connectivity index (χ0v) is 21.2. The molecule has 0 fully saturated rings. The van der Waals surface area contributed by atoms with Crippen LogP contribution < -0.4 is 5.32 Å². The summed E-state index contributed by atoms with van der Waals surface area (Å²) in [6, 6.07) is 0. The fraction of sp³-hybridized carbons (Fsp3) is 0.955. The molecule has 2 N–H and O–H groups in total. The maximum absolute atomic E-state index is 13.2. The molecule has 0 bridgehead atoms. The normalized spacial score (nSPS) is 15.8. The lowest BCUT2D eigenvalue weighted by Crippen LogP contribution is -2.50. The van der Waals surface area contributed by atoms with E-state index in [2.05, 4.69) is 67.9 Å². The van der Waals surface area contributed by atoms with Crippen molar-refractivity contribution in [2.45, 2.75) is 80.6 Å². The Labute approximate surface area is 180 Å². The third kappa shape index (κ3) is 10.8. The van der Waals surface area contributed by atoms with Crippen LogP contribution in [-0.4, -0.2) is 62.8 Å². The van der Waals surface area contributed by atoms with Crippen molar-refractivity contribution in [3.8, 4) is 0 Å². The molecule has 6 nitrogen and oxygen atoms in total. The minimum absolute atomic E-state index is 0.0689. The standard InChI is InChI=1S/C22H46N2O4S/c1-10-21(5,6)22(7,18-20(2,3)4)19(25)23-14-13-16-24(8,9)15-11-12-17-29(26,27)28/h10-18H2,1-9H3,(H-,23,25,26,27,28)/p+1. The van der Waals surface area contributed by atoms with Gasteiger partial charge in [-0.15, -0.1) is 0 Å². The molecule has 0 saturated carbocycles. The molecule has 0 aromatic heterocycles. The smallest absolute Gasteiger partial charge is 0.264 e. The molecule has 0 aliphatic rings. The second-order valence-electron chi connectivity index (χ2n) is 11.3. The Hall–Kier alpha value is -0.660. The van der Waals surface area contributed by atoms with Crippen LogP contribution in [-0.2, 0) is 14.9 Å². The Bertz CT molecular complexity index is 621. The number of carbonyl (C=O) groups excluding carboxylic acids is 1. The second-order valence-corrected chi connectivity index (χ2v) is 12.9. The summed E-state index contributed by atoms with van der Waals surface area (Å²) < 4.78 is 31.2. The van der Waals surface area contributed by atoms with Crippen molar-refractivity contribution in [3.63, 3.8) is 0 Å². The maximum atomic E-state index is 13.2. The molecule has 0 radical (unpaired) electrons. The van der Waals surface area contributed by atoms with E-state index in [9.17, 15) is 13.2 Å². The molecule has 0 spiro atoms. The van der Waals surface area contributed by atoms with Crippen LogP contribution in [0.1, 0.15) is 80.6 Å². The summed E-state index contributed by atoms with van der Waals surface area (Å²) in [5.41, 5.74) is -0.452. The first-order chi connectivity index (χ1) is 12.9. The quantitative estimate of drug-likeness (QED) is 0.259. The van der Waals surface area contributed by atoms with Crippen LogP contribution in [0.4, 0.5) is 0 Å². The number of nitrogens with one attached hydrogen (secondary N) is 1. The third-order valence-corrected chi connectivity index (χ3v) is 7.21. The molecule has 1 unspecified atom stereocenters. The van der Waals surface area contributed by atoms with Gasteiger partial charge in [0.05, 0.1) is 38.4 Å². The highest BCUT2D eigenvalue weighted by Gasteiger charge is 2.47. The number of hydrogen-bond donors (Lipinski definition) is 2. The van der Waals surface area contributed by atoms with E-state index in [0.29, 0.717) is 13.0 Å². The fourth-order valence-electron chi connectivity index (χ4n) is 3.92. The molecule has 0 heterocycles. The molecule has 0 aliphatic heterocycles.